The van der Waals surface area contributed by atoms with Crippen molar-refractivity contribution in [2.24, 2.45) is 7.05 Å². The summed E-state index contributed by atoms with van der Waals surface area (Å²) in [5.41, 5.74) is 1.87. The van der Waals surface area contributed by atoms with Crippen LogP contribution < -0.4 is 0 Å². The van der Waals surface area contributed by atoms with E-state index in [0.29, 0.717) is 0 Å². The molecule has 2 aromatic rings. The fraction of sp³-hybridized carbons (Fsp3) is 0.400. The minimum atomic E-state index is -3.75. The van der Waals surface area contributed by atoms with Crippen LogP contribution in [0.2, 0.25) is 0 Å². The van der Waals surface area contributed by atoms with Crippen molar-refractivity contribution < 1.29 is 17.3 Å². The highest BCUT2D eigenvalue weighted by Crippen LogP contribution is 2.24. The monoisotopic (exact) mass is 402 g/mol. The van der Waals surface area contributed by atoms with Crippen molar-refractivity contribution >= 4 is 26.0 Å². The standard InChI is InChI=1S/C15H19BrN2O4S/c1-11-4-6-13(7-5-11)23(19,20)22-9-8-21-12(2)15-14(16)10-17-18(15)3/h4-7,10,12H,8-9H2,1-3H3. The van der Waals surface area contributed by atoms with Crippen LogP contribution in [0.4, 0.5) is 0 Å². The molecule has 0 aliphatic rings. The molecular formula is C15H19BrN2O4S. The van der Waals surface area contributed by atoms with Gasteiger partial charge < -0.3 is 4.74 Å². The van der Waals surface area contributed by atoms with Crippen LogP contribution in [0.15, 0.2) is 39.8 Å². The number of rotatable bonds is 7. The summed E-state index contributed by atoms with van der Waals surface area (Å²) < 4.78 is 37.2. The van der Waals surface area contributed by atoms with Gasteiger partial charge in [-0.15, -0.1) is 0 Å². The number of hydrogen-bond acceptors (Lipinski definition) is 5. The summed E-state index contributed by atoms with van der Waals surface area (Å²) in [5.74, 6) is 0. The molecule has 0 saturated carbocycles. The molecule has 0 fully saturated rings. The molecule has 126 valence electrons. The molecule has 1 heterocycles. The molecule has 1 aromatic carbocycles. The van der Waals surface area contributed by atoms with E-state index in [9.17, 15) is 8.42 Å². The first-order valence-corrected chi connectivity index (χ1v) is 9.26. The number of nitrogens with zero attached hydrogens (tertiary/aromatic N) is 2. The summed E-state index contributed by atoms with van der Waals surface area (Å²) in [7, 11) is -1.93. The molecule has 0 amide bonds. The summed E-state index contributed by atoms with van der Waals surface area (Å²) in [4.78, 5) is 0.144. The third kappa shape index (κ3) is 4.63. The van der Waals surface area contributed by atoms with Crippen molar-refractivity contribution in [1.29, 1.82) is 0 Å². The number of halogens is 1. The van der Waals surface area contributed by atoms with Crippen LogP contribution in [0, 0.1) is 6.92 Å². The van der Waals surface area contributed by atoms with E-state index >= 15 is 0 Å². The molecular weight excluding hydrogens is 384 g/mol. The van der Waals surface area contributed by atoms with Crippen molar-refractivity contribution in [1.82, 2.24) is 9.78 Å². The van der Waals surface area contributed by atoms with Gasteiger partial charge in [-0.2, -0.15) is 13.5 Å². The third-order valence-corrected chi connectivity index (χ3v) is 5.26. The predicted molar refractivity (Wildman–Crippen MR) is 89.6 cm³/mol. The number of ether oxygens (including phenoxy) is 1. The second-order valence-corrected chi connectivity index (χ2v) is 7.57. The van der Waals surface area contributed by atoms with Gasteiger partial charge in [0.1, 0.15) is 0 Å². The maximum Gasteiger partial charge on any atom is 0.297 e. The Hall–Kier alpha value is -1.22. The quantitative estimate of drug-likeness (QED) is 0.525. The van der Waals surface area contributed by atoms with E-state index in [1.54, 1.807) is 23.0 Å². The Balaban J connectivity index is 1.86. The Morgan fingerprint density at radius 3 is 2.48 bits per heavy atom. The lowest BCUT2D eigenvalue weighted by Crippen LogP contribution is -2.14. The zero-order valence-electron chi connectivity index (χ0n) is 13.2. The largest absolute Gasteiger partial charge is 0.370 e. The summed E-state index contributed by atoms with van der Waals surface area (Å²) in [5, 5.41) is 4.11. The molecule has 23 heavy (non-hydrogen) atoms. The maximum absolute atomic E-state index is 12.0. The number of aryl methyl sites for hydroxylation is 2. The van der Waals surface area contributed by atoms with E-state index in [4.69, 9.17) is 8.92 Å². The topological polar surface area (TPSA) is 70.4 Å². The highest BCUT2D eigenvalue weighted by atomic mass is 79.9. The van der Waals surface area contributed by atoms with Gasteiger partial charge in [-0.05, 0) is 41.9 Å². The van der Waals surface area contributed by atoms with Crippen LogP contribution in [0.25, 0.3) is 0 Å². The average molecular weight is 403 g/mol. The van der Waals surface area contributed by atoms with Gasteiger partial charge in [-0.3, -0.25) is 8.86 Å². The lowest BCUT2D eigenvalue weighted by Gasteiger charge is -2.14. The fourth-order valence-corrected chi connectivity index (χ4v) is 3.66. The first-order valence-electron chi connectivity index (χ1n) is 7.06. The van der Waals surface area contributed by atoms with Crippen LogP contribution in [0.1, 0.15) is 24.3 Å². The van der Waals surface area contributed by atoms with Crippen molar-refractivity contribution in [2.45, 2.75) is 24.8 Å². The Morgan fingerprint density at radius 1 is 1.26 bits per heavy atom. The Kier molecular flexibility index (Phi) is 5.96. The molecule has 8 heteroatoms. The van der Waals surface area contributed by atoms with Gasteiger partial charge in [-0.25, -0.2) is 0 Å². The molecule has 0 bridgehead atoms. The third-order valence-electron chi connectivity index (χ3n) is 3.32. The lowest BCUT2D eigenvalue weighted by atomic mass is 10.2. The van der Waals surface area contributed by atoms with E-state index in [-0.39, 0.29) is 24.2 Å². The predicted octanol–water partition coefficient (Wildman–Crippen LogP) is 2.97. The van der Waals surface area contributed by atoms with Crippen LogP contribution in [-0.4, -0.2) is 31.4 Å². The fourth-order valence-electron chi connectivity index (χ4n) is 2.10. The molecule has 0 aliphatic carbocycles. The molecule has 1 atom stereocenters. The molecule has 0 aliphatic heterocycles. The van der Waals surface area contributed by atoms with E-state index in [1.807, 2.05) is 20.9 Å². The van der Waals surface area contributed by atoms with Gasteiger partial charge >= 0.3 is 0 Å². The second kappa shape index (κ2) is 7.57. The lowest BCUT2D eigenvalue weighted by molar-refractivity contribution is 0.0402. The van der Waals surface area contributed by atoms with Gasteiger partial charge in [0.05, 0.1) is 40.6 Å². The molecule has 6 nitrogen and oxygen atoms in total. The average Bonchev–Trinajstić information content (AvgIpc) is 2.83. The molecule has 0 saturated heterocycles. The molecule has 0 N–H and O–H groups in total. The first kappa shape index (κ1) is 18.1. The van der Waals surface area contributed by atoms with E-state index in [0.717, 1.165) is 15.7 Å². The van der Waals surface area contributed by atoms with Crippen molar-refractivity contribution in [3.63, 3.8) is 0 Å². The Morgan fingerprint density at radius 2 is 1.91 bits per heavy atom. The highest BCUT2D eigenvalue weighted by Gasteiger charge is 2.17. The molecule has 2 rings (SSSR count). The molecule has 1 aromatic heterocycles. The summed E-state index contributed by atoms with van der Waals surface area (Å²) in [6, 6.07) is 6.52. The molecule has 0 spiro atoms. The Labute approximate surface area is 144 Å². The number of hydrogen-bond donors (Lipinski definition) is 0. The maximum atomic E-state index is 12.0. The zero-order valence-corrected chi connectivity index (χ0v) is 15.6. The smallest absolute Gasteiger partial charge is 0.297 e. The molecule has 0 radical (unpaired) electrons. The van der Waals surface area contributed by atoms with Gasteiger partial charge in [0.15, 0.2) is 0 Å². The minimum absolute atomic E-state index is 0.0456. The SMILES string of the molecule is Cc1ccc(S(=O)(=O)OCCOC(C)c2c(Br)cnn2C)cc1. The summed E-state index contributed by atoms with van der Waals surface area (Å²) in [6.07, 6.45) is 1.45. The van der Waals surface area contributed by atoms with E-state index in [2.05, 4.69) is 21.0 Å². The van der Waals surface area contributed by atoms with Gasteiger partial charge in [-0.1, -0.05) is 17.7 Å². The van der Waals surface area contributed by atoms with Crippen LogP contribution in [-0.2, 0) is 26.1 Å². The van der Waals surface area contributed by atoms with E-state index in [1.165, 1.54) is 12.1 Å². The number of aromatic nitrogens is 2. The zero-order chi connectivity index (χ0) is 17.0. The van der Waals surface area contributed by atoms with Gasteiger partial charge in [0.25, 0.3) is 10.1 Å². The van der Waals surface area contributed by atoms with Crippen LogP contribution in [0.5, 0.6) is 0 Å². The normalized spacial score (nSPS) is 13.2. The van der Waals surface area contributed by atoms with Gasteiger partial charge in [0.2, 0.25) is 0 Å². The Bertz CT molecular complexity index is 737. The van der Waals surface area contributed by atoms with E-state index < -0.39 is 10.1 Å². The summed E-state index contributed by atoms with van der Waals surface area (Å²) in [6.45, 7) is 3.87. The summed E-state index contributed by atoms with van der Waals surface area (Å²) >= 11 is 3.40. The minimum Gasteiger partial charge on any atom is -0.370 e. The second-order valence-electron chi connectivity index (χ2n) is 5.10. The van der Waals surface area contributed by atoms with Crippen molar-refractivity contribution in [3.05, 3.63) is 46.2 Å². The number of benzene rings is 1. The van der Waals surface area contributed by atoms with Crippen molar-refractivity contribution in [2.75, 3.05) is 13.2 Å². The van der Waals surface area contributed by atoms with Crippen LogP contribution >= 0.6 is 15.9 Å². The first-order chi connectivity index (χ1) is 10.8. The van der Waals surface area contributed by atoms with Crippen molar-refractivity contribution in [3.8, 4) is 0 Å². The van der Waals surface area contributed by atoms with Gasteiger partial charge in [0, 0.05) is 7.05 Å². The van der Waals surface area contributed by atoms with Crippen LogP contribution in [0.3, 0.4) is 0 Å². The highest BCUT2D eigenvalue weighted by molar-refractivity contribution is 9.10. The molecule has 1 unspecified atom stereocenters.